The van der Waals surface area contributed by atoms with Gasteiger partial charge in [0.15, 0.2) is 0 Å². The van der Waals surface area contributed by atoms with E-state index in [1.54, 1.807) is 0 Å². The zero-order valence-corrected chi connectivity index (χ0v) is 12.8. The number of hydrogen-bond acceptors (Lipinski definition) is 1. The van der Waals surface area contributed by atoms with Gasteiger partial charge in [0, 0.05) is 12.1 Å². The highest BCUT2D eigenvalue weighted by Gasteiger charge is 2.18. The molecular weight excluding hydrogens is 194 g/mol. The molecule has 0 aromatic rings. The van der Waals surface area contributed by atoms with E-state index in [-0.39, 0.29) is 0 Å². The molecule has 0 N–H and O–H groups in total. The van der Waals surface area contributed by atoms with Gasteiger partial charge < -0.3 is 4.90 Å². The molecule has 1 unspecified atom stereocenters. The third-order valence-corrected chi connectivity index (χ3v) is 3.46. The van der Waals surface area contributed by atoms with Crippen LogP contribution in [-0.4, -0.2) is 24.0 Å². The molecular formula is C15H35N. The third-order valence-electron chi connectivity index (χ3n) is 3.46. The predicted molar refractivity (Wildman–Crippen MR) is 77.1 cm³/mol. The fourth-order valence-electron chi connectivity index (χ4n) is 2.30. The van der Waals surface area contributed by atoms with Crippen molar-refractivity contribution in [1.29, 1.82) is 0 Å². The Kier molecular flexibility index (Phi) is 14.9. The van der Waals surface area contributed by atoms with Crippen LogP contribution >= 0.6 is 0 Å². The smallest absolute Gasteiger partial charge is 0.00925 e. The van der Waals surface area contributed by atoms with Crippen LogP contribution < -0.4 is 0 Å². The van der Waals surface area contributed by atoms with Gasteiger partial charge >= 0.3 is 0 Å². The molecule has 0 saturated carbocycles. The first kappa shape index (κ1) is 18.3. The minimum Gasteiger partial charge on any atom is -0.301 e. The van der Waals surface area contributed by atoms with Gasteiger partial charge in [-0.3, -0.25) is 0 Å². The standard InChI is InChI=1S/C13H29N.C2H6/c1-6-10-11-13(9-4)14(5)12(7-2)8-3;1-2/h12-13H,6-11H2,1-5H3;1-2H3. The van der Waals surface area contributed by atoms with Crippen molar-refractivity contribution in [3.05, 3.63) is 0 Å². The predicted octanol–water partition coefficient (Wildman–Crippen LogP) is 5.10. The normalized spacial score (nSPS) is 12.6. The van der Waals surface area contributed by atoms with Gasteiger partial charge in [0.05, 0.1) is 0 Å². The molecule has 1 nitrogen and oxygen atoms in total. The second-order valence-corrected chi connectivity index (χ2v) is 4.34. The molecule has 0 amide bonds. The summed E-state index contributed by atoms with van der Waals surface area (Å²) in [4.78, 5) is 2.61. The summed E-state index contributed by atoms with van der Waals surface area (Å²) >= 11 is 0. The Labute approximate surface area is 105 Å². The summed E-state index contributed by atoms with van der Waals surface area (Å²) in [6.45, 7) is 13.2. The van der Waals surface area contributed by atoms with E-state index < -0.39 is 0 Å². The summed E-state index contributed by atoms with van der Waals surface area (Å²) in [5.41, 5.74) is 0. The van der Waals surface area contributed by atoms with Crippen LogP contribution in [0.4, 0.5) is 0 Å². The maximum Gasteiger partial charge on any atom is 0.00925 e. The van der Waals surface area contributed by atoms with Gasteiger partial charge in [0.25, 0.3) is 0 Å². The number of unbranched alkanes of at least 4 members (excludes halogenated alkanes) is 1. The molecule has 0 radical (unpaired) electrons. The van der Waals surface area contributed by atoms with Crippen LogP contribution in [0.1, 0.15) is 80.1 Å². The van der Waals surface area contributed by atoms with Gasteiger partial charge in [-0.1, -0.05) is 54.4 Å². The summed E-state index contributed by atoms with van der Waals surface area (Å²) in [5, 5.41) is 0. The van der Waals surface area contributed by atoms with E-state index in [9.17, 15) is 0 Å². The van der Waals surface area contributed by atoms with Gasteiger partial charge in [0.1, 0.15) is 0 Å². The van der Waals surface area contributed by atoms with Gasteiger partial charge in [-0.25, -0.2) is 0 Å². The highest BCUT2D eigenvalue weighted by molar-refractivity contribution is 4.73. The van der Waals surface area contributed by atoms with Crippen molar-refractivity contribution in [3.63, 3.8) is 0 Å². The average Bonchev–Trinajstić information content (AvgIpc) is 2.34. The van der Waals surface area contributed by atoms with E-state index in [1.165, 1.54) is 38.5 Å². The van der Waals surface area contributed by atoms with Crippen molar-refractivity contribution < 1.29 is 0 Å². The zero-order chi connectivity index (χ0) is 13.0. The lowest BCUT2D eigenvalue weighted by Gasteiger charge is -2.33. The van der Waals surface area contributed by atoms with Crippen molar-refractivity contribution in [1.82, 2.24) is 4.90 Å². The van der Waals surface area contributed by atoms with E-state index >= 15 is 0 Å². The Morgan fingerprint density at radius 1 is 0.812 bits per heavy atom. The molecule has 100 valence electrons. The first-order valence-corrected chi connectivity index (χ1v) is 7.43. The van der Waals surface area contributed by atoms with Crippen LogP contribution in [0.2, 0.25) is 0 Å². The van der Waals surface area contributed by atoms with Crippen LogP contribution in [0.3, 0.4) is 0 Å². The van der Waals surface area contributed by atoms with Crippen LogP contribution in [-0.2, 0) is 0 Å². The molecule has 0 aromatic heterocycles. The highest BCUT2D eigenvalue weighted by Crippen LogP contribution is 2.16. The van der Waals surface area contributed by atoms with Crippen molar-refractivity contribution in [2.75, 3.05) is 7.05 Å². The zero-order valence-electron chi connectivity index (χ0n) is 12.8. The van der Waals surface area contributed by atoms with Crippen molar-refractivity contribution in [3.8, 4) is 0 Å². The van der Waals surface area contributed by atoms with Crippen molar-refractivity contribution >= 4 is 0 Å². The van der Waals surface area contributed by atoms with Crippen LogP contribution in [0.5, 0.6) is 0 Å². The fourth-order valence-corrected chi connectivity index (χ4v) is 2.30. The monoisotopic (exact) mass is 229 g/mol. The highest BCUT2D eigenvalue weighted by atomic mass is 15.2. The Bertz CT molecular complexity index is 119. The van der Waals surface area contributed by atoms with Crippen molar-refractivity contribution in [2.24, 2.45) is 0 Å². The minimum atomic E-state index is 0.789. The molecule has 0 saturated heterocycles. The quantitative estimate of drug-likeness (QED) is 0.559. The van der Waals surface area contributed by atoms with Gasteiger partial charge in [-0.15, -0.1) is 0 Å². The number of nitrogens with zero attached hydrogens (tertiary/aromatic N) is 1. The maximum atomic E-state index is 2.61. The van der Waals surface area contributed by atoms with Crippen LogP contribution in [0.25, 0.3) is 0 Å². The fraction of sp³-hybridized carbons (Fsp3) is 1.00. The third kappa shape index (κ3) is 7.27. The van der Waals surface area contributed by atoms with E-state index in [1.807, 2.05) is 13.8 Å². The molecule has 0 aliphatic carbocycles. The second kappa shape index (κ2) is 13.0. The van der Waals surface area contributed by atoms with E-state index in [2.05, 4.69) is 39.6 Å². The van der Waals surface area contributed by atoms with Crippen LogP contribution in [0, 0.1) is 0 Å². The lowest BCUT2D eigenvalue weighted by molar-refractivity contribution is 0.149. The SMILES string of the molecule is CC.CCCCC(CC)N(C)C(CC)CC. The molecule has 0 aliphatic rings. The largest absolute Gasteiger partial charge is 0.301 e. The van der Waals surface area contributed by atoms with E-state index in [0.29, 0.717) is 0 Å². The van der Waals surface area contributed by atoms with Gasteiger partial charge in [-0.2, -0.15) is 0 Å². The Balaban J connectivity index is 0. The Morgan fingerprint density at radius 3 is 1.56 bits per heavy atom. The van der Waals surface area contributed by atoms with E-state index in [4.69, 9.17) is 0 Å². The number of rotatable bonds is 8. The van der Waals surface area contributed by atoms with E-state index in [0.717, 1.165) is 12.1 Å². The molecule has 0 bridgehead atoms. The average molecular weight is 229 g/mol. The lowest BCUT2D eigenvalue weighted by atomic mass is 10.0. The summed E-state index contributed by atoms with van der Waals surface area (Å²) < 4.78 is 0. The number of hydrogen-bond donors (Lipinski definition) is 0. The Morgan fingerprint density at radius 2 is 1.25 bits per heavy atom. The Hall–Kier alpha value is -0.0400. The molecule has 0 heterocycles. The van der Waals surface area contributed by atoms with Gasteiger partial charge in [-0.05, 0) is 32.7 Å². The van der Waals surface area contributed by atoms with Crippen molar-refractivity contribution in [2.45, 2.75) is 92.2 Å². The molecule has 1 heteroatoms. The topological polar surface area (TPSA) is 3.24 Å². The van der Waals surface area contributed by atoms with Crippen LogP contribution in [0.15, 0.2) is 0 Å². The van der Waals surface area contributed by atoms with Gasteiger partial charge in [0.2, 0.25) is 0 Å². The molecule has 0 fully saturated rings. The summed E-state index contributed by atoms with van der Waals surface area (Å²) in [7, 11) is 2.31. The summed E-state index contributed by atoms with van der Waals surface area (Å²) in [5.74, 6) is 0. The summed E-state index contributed by atoms with van der Waals surface area (Å²) in [6, 6.07) is 1.59. The molecule has 16 heavy (non-hydrogen) atoms. The molecule has 0 rings (SSSR count). The molecule has 0 aliphatic heterocycles. The second-order valence-electron chi connectivity index (χ2n) is 4.34. The lowest BCUT2D eigenvalue weighted by Crippen LogP contribution is -2.39. The molecule has 1 atom stereocenters. The summed E-state index contributed by atoms with van der Waals surface area (Å²) in [6.07, 6.45) is 7.95. The maximum absolute atomic E-state index is 2.61. The molecule has 0 spiro atoms. The molecule has 0 aromatic carbocycles. The minimum absolute atomic E-state index is 0.789. The first-order valence-electron chi connectivity index (χ1n) is 7.43. The first-order chi connectivity index (χ1) is 7.71.